The van der Waals surface area contributed by atoms with Crippen molar-refractivity contribution in [1.82, 2.24) is 10.6 Å². The number of hydrogen-bond acceptors (Lipinski definition) is 2. The summed E-state index contributed by atoms with van der Waals surface area (Å²) in [5, 5.41) is 6.12. The van der Waals surface area contributed by atoms with Gasteiger partial charge in [-0.15, -0.1) is 0 Å². The number of hydrogen-bond donors (Lipinski definition) is 2. The molecular formula is C7H9IN2O. The molecule has 0 radical (unpaired) electrons. The molecule has 11 heavy (non-hydrogen) atoms. The van der Waals surface area contributed by atoms with E-state index in [1.807, 2.05) is 0 Å². The number of rotatable bonds is 0. The van der Waals surface area contributed by atoms with Crippen LogP contribution < -0.4 is 10.6 Å². The Morgan fingerprint density at radius 1 is 1.64 bits per heavy atom. The number of amides is 1. The summed E-state index contributed by atoms with van der Waals surface area (Å²) in [5.41, 5.74) is 0. The van der Waals surface area contributed by atoms with Crippen LogP contribution in [0, 0.1) is 5.92 Å². The molecule has 1 amide bonds. The Kier molecular flexibility index (Phi) is 1.88. The van der Waals surface area contributed by atoms with Crippen LogP contribution in [0.15, 0.2) is 9.66 Å². The number of halogens is 1. The predicted molar refractivity (Wildman–Crippen MR) is 50.1 cm³/mol. The molecule has 2 N–H and O–H groups in total. The van der Waals surface area contributed by atoms with E-state index in [4.69, 9.17) is 0 Å². The van der Waals surface area contributed by atoms with Gasteiger partial charge in [-0.1, -0.05) is 0 Å². The topological polar surface area (TPSA) is 41.1 Å². The summed E-state index contributed by atoms with van der Waals surface area (Å²) in [6.45, 7) is 1.01. The predicted octanol–water partition coefficient (Wildman–Crippen LogP) is 0.371. The van der Waals surface area contributed by atoms with Gasteiger partial charge in [-0.2, -0.15) is 0 Å². The van der Waals surface area contributed by atoms with Gasteiger partial charge in [0.1, 0.15) is 0 Å². The number of carbonyl (C=O) groups excluding carboxylic acids is 1. The number of fused-ring (bicyclic) bond motifs is 1. The van der Waals surface area contributed by atoms with E-state index in [2.05, 4.69) is 33.2 Å². The maximum Gasteiger partial charge on any atom is 0.245 e. The first-order valence-corrected chi connectivity index (χ1v) is 4.76. The van der Waals surface area contributed by atoms with E-state index in [9.17, 15) is 4.79 Å². The standard InChI is InChI=1S/C7H9IN2O/c8-5-3-6(11)10-7-4(5)1-2-9-7/h3-4,7,9H,1-2H2,(H,10,11). The van der Waals surface area contributed by atoms with Gasteiger partial charge in [-0.05, 0) is 35.6 Å². The average molecular weight is 264 g/mol. The molecule has 0 aliphatic carbocycles. The van der Waals surface area contributed by atoms with Crippen LogP contribution in [0.25, 0.3) is 0 Å². The second-order valence-corrected chi connectivity index (χ2v) is 4.11. The minimum absolute atomic E-state index is 0.0325. The molecule has 2 aliphatic heterocycles. The fraction of sp³-hybridized carbons (Fsp3) is 0.571. The van der Waals surface area contributed by atoms with Crippen molar-refractivity contribution in [3.63, 3.8) is 0 Å². The van der Waals surface area contributed by atoms with Crippen molar-refractivity contribution >= 4 is 28.5 Å². The van der Waals surface area contributed by atoms with Gasteiger partial charge in [0, 0.05) is 15.6 Å². The monoisotopic (exact) mass is 264 g/mol. The molecule has 0 aromatic rings. The van der Waals surface area contributed by atoms with Gasteiger partial charge in [0.25, 0.3) is 0 Å². The van der Waals surface area contributed by atoms with E-state index in [1.165, 1.54) is 3.58 Å². The third-order valence-electron chi connectivity index (χ3n) is 2.14. The fourth-order valence-electron chi connectivity index (χ4n) is 1.58. The van der Waals surface area contributed by atoms with E-state index in [-0.39, 0.29) is 12.1 Å². The van der Waals surface area contributed by atoms with Crippen molar-refractivity contribution in [3.05, 3.63) is 9.66 Å². The van der Waals surface area contributed by atoms with E-state index >= 15 is 0 Å². The molecule has 2 heterocycles. The summed E-state index contributed by atoms with van der Waals surface area (Å²) in [4.78, 5) is 11.0. The quantitative estimate of drug-likeness (QED) is 0.621. The Bertz CT molecular complexity index is 226. The molecule has 0 aromatic heterocycles. The van der Waals surface area contributed by atoms with Crippen molar-refractivity contribution in [2.24, 2.45) is 5.92 Å². The van der Waals surface area contributed by atoms with E-state index < -0.39 is 0 Å². The molecule has 2 aliphatic rings. The van der Waals surface area contributed by atoms with Crippen LogP contribution in [0.1, 0.15) is 6.42 Å². The normalized spacial score (nSPS) is 36.1. The third-order valence-corrected chi connectivity index (χ3v) is 3.25. The lowest BCUT2D eigenvalue weighted by Crippen LogP contribution is -2.47. The molecule has 2 atom stereocenters. The molecule has 2 unspecified atom stereocenters. The van der Waals surface area contributed by atoms with Crippen molar-refractivity contribution in [3.8, 4) is 0 Å². The average Bonchev–Trinajstić information content (AvgIpc) is 2.34. The second-order valence-electron chi connectivity index (χ2n) is 2.86. The molecule has 0 bridgehead atoms. The van der Waals surface area contributed by atoms with Gasteiger partial charge in [-0.3, -0.25) is 10.1 Å². The Morgan fingerprint density at radius 3 is 3.27 bits per heavy atom. The first-order chi connectivity index (χ1) is 5.27. The Labute approximate surface area is 78.8 Å². The van der Waals surface area contributed by atoms with Crippen LogP contribution in [0.4, 0.5) is 0 Å². The van der Waals surface area contributed by atoms with Gasteiger partial charge in [-0.25, -0.2) is 0 Å². The van der Waals surface area contributed by atoms with Crippen LogP contribution >= 0.6 is 22.6 Å². The van der Waals surface area contributed by atoms with Crippen LogP contribution in [0.3, 0.4) is 0 Å². The van der Waals surface area contributed by atoms with Gasteiger partial charge in [0.05, 0.1) is 6.17 Å². The smallest absolute Gasteiger partial charge is 0.245 e. The molecule has 0 aromatic carbocycles. The fourth-order valence-corrected chi connectivity index (χ4v) is 2.53. The first kappa shape index (κ1) is 7.54. The Morgan fingerprint density at radius 2 is 2.45 bits per heavy atom. The lowest BCUT2D eigenvalue weighted by atomic mass is 10.0. The molecule has 1 saturated heterocycles. The highest BCUT2D eigenvalue weighted by molar-refractivity contribution is 14.1. The lowest BCUT2D eigenvalue weighted by Gasteiger charge is -2.24. The maximum absolute atomic E-state index is 11.0. The van der Waals surface area contributed by atoms with Gasteiger partial charge in [0.15, 0.2) is 0 Å². The molecular weight excluding hydrogens is 255 g/mol. The Hall–Kier alpha value is -0.100. The zero-order valence-electron chi connectivity index (χ0n) is 5.93. The van der Waals surface area contributed by atoms with Crippen LogP contribution in [0.5, 0.6) is 0 Å². The molecule has 4 heteroatoms. The molecule has 0 spiro atoms. The summed E-state index contributed by atoms with van der Waals surface area (Å²) in [7, 11) is 0. The second kappa shape index (κ2) is 2.75. The van der Waals surface area contributed by atoms with Crippen LogP contribution in [0.2, 0.25) is 0 Å². The number of carbonyl (C=O) groups is 1. The van der Waals surface area contributed by atoms with E-state index in [1.54, 1.807) is 6.08 Å². The molecule has 1 fully saturated rings. The van der Waals surface area contributed by atoms with Crippen molar-refractivity contribution in [2.45, 2.75) is 12.6 Å². The molecule has 3 nitrogen and oxygen atoms in total. The van der Waals surface area contributed by atoms with Gasteiger partial charge in [0.2, 0.25) is 5.91 Å². The van der Waals surface area contributed by atoms with Crippen LogP contribution in [-0.2, 0) is 4.79 Å². The van der Waals surface area contributed by atoms with E-state index in [0.29, 0.717) is 5.92 Å². The third kappa shape index (κ3) is 1.29. The SMILES string of the molecule is O=C1C=C(I)C2CCNC2N1. The maximum atomic E-state index is 11.0. The van der Waals surface area contributed by atoms with Crippen molar-refractivity contribution < 1.29 is 4.79 Å². The molecule has 0 saturated carbocycles. The minimum Gasteiger partial charge on any atom is -0.337 e. The highest BCUT2D eigenvalue weighted by Gasteiger charge is 2.32. The highest BCUT2D eigenvalue weighted by Crippen LogP contribution is 2.29. The summed E-state index contributed by atoms with van der Waals surface area (Å²) < 4.78 is 1.18. The largest absolute Gasteiger partial charge is 0.337 e. The zero-order chi connectivity index (χ0) is 7.84. The van der Waals surface area contributed by atoms with Gasteiger partial charge < -0.3 is 5.32 Å². The summed E-state index contributed by atoms with van der Waals surface area (Å²) in [6.07, 6.45) is 3.02. The van der Waals surface area contributed by atoms with Crippen molar-refractivity contribution in [1.29, 1.82) is 0 Å². The molecule has 60 valence electrons. The number of nitrogens with one attached hydrogen (secondary N) is 2. The van der Waals surface area contributed by atoms with Gasteiger partial charge >= 0.3 is 0 Å². The first-order valence-electron chi connectivity index (χ1n) is 3.68. The van der Waals surface area contributed by atoms with Crippen molar-refractivity contribution in [2.75, 3.05) is 6.54 Å². The van der Waals surface area contributed by atoms with E-state index in [0.717, 1.165) is 13.0 Å². The lowest BCUT2D eigenvalue weighted by molar-refractivity contribution is -0.117. The molecule has 2 rings (SSSR count). The highest BCUT2D eigenvalue weighted by atomic mass is 127. The summed E-state index contributed by atoms with van der Waals surface area (Å²) in [5.74, 6) is 0.554. The minimum atomic E-state index is 0.0325. The summed E-state index contributed by atoms with van der Waals surface area (Å²) >= 11 is 2.25. The summed E-state index contributed by atoms with van der Waals surface area (Å²) in [6, 6.07) is 0. The Balaban J connectivity index is 2.25. The zero-order valence-corrected chi connectivity index (χ0v) is 8.09. The van der Waals surface area contributed by atoms with Crippen LogP contribution in [-0.4, -0.2) is 18.6 Å².